The van der Waals surface area contributed by atoms with Crippen LogP contribution in [-0.4, -0.2) is 58.0 Å². The maximum absolute atomic E-state index is 12.4. The molecule has 0 radical (unpaired) electrons. The number of benzene rings is 1. The van der Waals surface area contributed by atoms with Crippen LogP contribution in [0.3, 0.4) is 0 Å². The quantitative estimate of drug-likeness (QED) is 0.302. The van der Waals surface area contributed by atoms with Crippen LogP contribution in [0.1, 0.15) is 37.0 Å². The van der Waals surface area contributed by atoms with Gasteiger partial charge in [0.1, 0.15) is 6.04 Å². The van der Waals surface area contributed by atoms with Crippen molar-refractivity contribution in [2.45, 2.75) is 38.8 Å². The van der Waals surface area contributed by atoms with E-state index in [1.165, 1.54) is 29.2 Å². The number of thiocarbonyl (C=S) groups is 1. The summed E-state index contributed by atoms with van der Waals surface area (Å²) < 4.78 is 5.23. The fourth-order valence-electron chi connectivity index (χ4n) is 2.65. The predicted molar refractivity (Wildman–Crippen MR) is 107 cm³/mol. The zero-order chi connectivity index (χ0) is 21.6. The smallest absolute Gasteiger partial charge is 0.308 e. The highest BCUT2D eigenvalue weighted by Crippen LogP contribution is 2.14. The van der Waals surface area contributed by atoms with Gasteiger partial charge in [-0.05, 0) is 37.7 Å². The Morgan fingerprint density at radius 3 is 2.66 bits per heavy atom. The Morgan fingerprint density at radius 2 is 2.07 bits per heavy atom. The van der Waals surface area contributed by atoms with Crippen LogP contribution in [0.15, 0.2) is 24.3 Å². The van der Waals surface area contributed by atoms with Crippen molar-refractivity contribution in [2.75, 3.05) is 13.1 Å². The largest absolute Gasteiger partial charge is 0.463 e. The number of piperazine rings is 1. The third-order valence-corrected chi connectivity index (χ3v) is 4.76. The lowest BCUT2D eigenvalue weighted by Gasteiger charge is -2.36. The van der Waals surface area contributed by atoms with Gasteiger partial charge in [-0.1, -0.05) is 6.92 Å². The van der Waals surface area contributed by atoms with Crippen LogP contribution in [-0.2, 0) is 14.3 Å². The number of nitrogens with zero attached hydrogens (tertiary/aromatic N) is 2. The van der Waals surface area contributed by atoms with Gasteiger partial charge in [0.2, 0.25) is 5.91 Å². The number of carbonyl (C=O) groups is 3. The first-order valence-electron chi connectivity index (χ1n) is 9.06. The molecule has 1 heterocycles. The predicted octanol–water partition coefficient (Wildman–Crippen LogP) is 1.14. The Balaban J connectivity index is 2.05. The highest BCUT2D eigenvalue weighted by atomic mass is 32.1. The Labute approximate surface area is 172 Å². The normalized spacial score (nSPS) is 17.1. The molecule has 1 aliphatic rings. The van der Waals surface area contributed by atoms with Crippen molar-refractivity contribution in [3.05, 3.63) is 39.9 Å². The zero-order valence-electron chi connectivity index (χ0n) is 16.0. The molecule has 156 valence electrons. The number of nitro benzene ring substituents is 1. The maximum Gasteiger partial charge on any atom is 0.308 e. The summed E-state index contributed by atoms with van der Waals surface area (Å²) in [7, 11) is 0. The molecule has 0 saturated carbocycles. The molecule has 10 nitrogen and oxygen atoms in total. The lowest BCUT2D eigenvalue weighted by Crippen LogP contribution is -2.60. The lowest BCUT2D eigenvalue weighted by atomic mass is 10.1. The topological polar surface area (TPSA) is 131 Å². The van der Waals surface area contributed by atoms with Gasteiger partial charge in [-0.3, -0.25) is 29.8 Å². The number of nitro groups is 1. The number of hydrogen-bond acceptors (Lipinski definition) is 7. The van der Waals surface area contributed by atoms with Crippen LogP contribution in [0.2, 0.25) is 0 Å². The fourth-order valence-corrected chi connectivity index (χ4v) is 2.96. The summed E-state index contributed by atoms with van der Waals surface area (Å²) in [5.41, 5.74) is 0.0313. The summed E-state index contributed by atoms with van der Waals surface area (Å²) in [6.45, 7) is 4.25. The van der Waals surface area contributed by atoms with Crippen molar-refractivity contribution in [3.63, 3.8) is 0 Å². The summed E-state index contributed by atoms with van der Waals surface area (Å²) >= 11 is 5.26. The summed E-state index contributed by atoms with van der Waals surface area (Å²) in [4.78, 5) is 48.4. The minimum Gasteiger partial charge on any atom is -0.463 e. The minimum atomic E-state index is -0.898. The van der Waals surface area contributed by atoms with Gasteiger partial charge in [0.15, 0.2) is 5.11 Å². The Morgan fingerprint density at radius 1 is 1.41 bits per heavy atom. The molecule has 0 aromatic heterocycles. The highest BCUT2D eigenvalue weighted by molar-refractivity contribution is 7.80. The molecule has 1 saturated heterocycles. The van der Waals surface area contributed by atoms with Crippen molar-refractivity contribution in [2.24, 2.45) is 0 Å². The van der Waals surface area contributed by atoms with Crippen molar-refractivity contribution >= 4 is 40.8 Å². The number of esters is 1. The first-order valence-corrected chi connectivity index (χ1v) is 9.47. The Kier molecular flexibility index (Phi) is 7.59. The third-order valence-electron chi connectivity index (χ3n) is 4.42. The van der Waals surface area contributed by atoms with E-state index in [0.29, 0.717) is 19.5 Å². The fraction of sp³-hybridized carbons (Fsp3) is 0.444. The molecule has 1 aliphatic heterocycles. The zero-order valence-corrected chi connectivity index (χ0v) is 16.9. The number of amides is 2. The van der Waals surface area contributed by atoms with Crippen molar-refractivity contribution < 1.29 is 24.0 Å². The summed E-state index contributed by atoms with van der Waals surface area (Å²) in [6.07, 6.45) is 0.177. The summed E-state index contributed by atoms with van der Waals surface area (Å²) in [6, 6.07) is 4.13. The van der Waals surface area contributed by atoms with Gasteiger partial charge in [0, 0.05) is 30.8 Å². The third kappa shape index (κ3) is 5.95. The second-order valence-corrected chi connectivity index (χ2v) is 6.86. The molecular formula is C18H22N4O6S. The highest BCUT2D eigenvalue weighted by Gasteiger charge is 2.34. The summed E-state index contributed by atoms with van der Waals surface area (Å²) in [5, 5.41) is 15.9. The summed E-state index contributed by atoms with van der Waals surface area (Å²) in [5.74, 6) is -1.49. The molecule has 1 fully saturated rings. The number of nitrogens with one attached hydrogen (secondary N) is 2. The van der Waals surface area contributed by atoms with E-state index >= 15 is 0 Å². The number of rotatable bonds is 6. The maximum atomic E-state index is 12.4. The number of carbonyl (C=O) groups excluding carboxylic acids is 3. The van der Waals surface area contributed by atoms with Gasteiger partial charge in [0.05, 0.1) is 17.4 Å². The van der Waals surface area contributed by atoms with Crippen LogP contribution >= 0.6 is 12.2 Å². The van der Waals surface area contributed by atoms with E-state index in [0.717, 1.165) is 0 Å². The molecule has 0 aliphatic carbocycles. The van der Waals surface area contributed by atoms with E-state index < -0.39 is 22.8 Å². The van der Waals surface area contributed by atoms with Crippen LogP contribution in [0, 0.1) is 10.1 Å². The second-order valence-electron chi connectivity index (χ2n) is 6.48. The van der Waals surface area contributed by atoms with E-state index in [1.807, 2.05) is 6.92 Å². The lowest BCUT2D eigenvalue weighted by molar-refractivity contribution is -0.384. The standard InChI is InChI=1S/C18H22N4O6S/c1-3-11(2)28-15(23)10-14-17(25)19-8-9-21(14)18(29)20-16(24)12-4-6-13(7-5-12)22(26)27/h4-7,11,14H,3,8-10H2,1-2H3,(H,19,25)(H,20,24,29). The van der Waals surface area contributed by atoms with Gasteiger partial charge >= 0.3 is 5.97 Å². The minimum absolute atomic E-state index is 0.00968. The second kappa shape index (κ2) is 9.92. The molecule has 11 heteroatoms. The molecule has 2 amide bonds. The van der Waals surface area contributed by atoms with E-state index in [2.05, 4.69) is 10.6 Å². The van der Waals surface area contributed by atoms with Crippen LogP contribution in [0.5, 0.6) is 0 Å². The Hall–Kier alpha value is -3.08. The van der Waals surface area contributed by atoms with Crippen LogP contribution < -0.4 is 10.6 Å². The average molecular weight is 422 g/mol. The molecule has 2 unspecified atom stereocenters. The van der Waals surface area contributed by atoms with Gasteiger partial charge in [-0.25, -0.2) is 0 Å². The molecule has 2 atom stereocenters. The Bertz CT molecular complexity index is 813. The van der Waals surface area contributed by atoms with E-state index in [1.54, 1.807) is 6.92 Å². The molecule has 2 N–H and O–H groups in total. The first-order chi connectivity index (χ1) is 13.7. The van der Waals surface area contributed by atoms with Crippen molar-refractivity contribution in [1.29, 1.82) is 0 Å². The number of hydrogen-bond donors (Lipinski definition) is 2. The monoisotopic (exact) mass is 422 g/mol. The number of ether oxygens (including phenoxy) is 1. The van der Waals surface area contributed by atoms with E-state index in [4.69, 9.17) is 17.0 Å². The molecule has 1 aromatic carbocycles. The van der Waals surface area contributed by atoms with Crippen LogP contribution in [0.25, 0.3) is 0 Å². The van der Waals surface area contributed by atoms with Crippen molar-refractivity contribution in [1.82, 2.24) is 15.5 Å². The van der Waals surface area contributed by atoms with Gasteiger partial charge in [0.25, 0.3) is 11.6 Å². The van der Waals surface area contributed by atoms with Crippen LogP contribution in [0.4, 0.5) is 5.69 Å². The molecule has 29 heavy (non-hydrogen) atoms. The molecule has 0 bridgehead atoms. The van der Waals surface area contributed by atoms with E-state index in [9.17, 15) is 24.5 Å². The van der Waals surface area contributed by atoms with Gasteiger partial charge in [-0.15, -0.1) is 0 Å². The van der Waals surface area contributed by atoms with Crippen molar-refractivity contribution in [3.8, 4) is 0 Å². The molecule has 2 rings (SSSR count). The average Bonchev–Trinajstić information content (AvgIpc) is 2.69. The molecule has 0 spiro atoms. The first kappa shape index (κ1) is 22.2. The van der Waals surface area contributed by atoms with Gasteiger partial charge < -0.3 is 15.0 Å². The SMILES string of the molecule is CCC(C)OC(=O)CC1C(=O)NCCN1C(=S)NC(=O)c1ccc([N+](=O)[O-])cc1. The molecular weight excluding hydrogens is 400 g/mol. The van der Waals surface area contributed by atoms with E-state index in [-0.39, 0.29) is 34.8 Å². The molecule has 1 aromatic rings. The number of non-ortho nitro benzene ring substituents is 1. The van der Waals surface area contributed by atoms with Gasteiger partial charge in [-0.2, -0.15) is 0 Å².